The fourth-order valence-electron chi connectivity index (χ4n) is 3.00. The molecule has 2 amide bonds. The molecule has 1 aromatic carbocycles. The molecule has 2 saturated heterocycles. The molecule has 0 aromatic heterocycles. The van der Waals surface area contributed by atoms with Crippen LogP contribution in [0.1, 0.15) is 19.3 Å². The van der Waals surface area contributed by atoms with Crippen molar-refractivity contribution in [1.82, 2.24) is 4.90 Å². The highest BCUT2D eigenvalue weighted by Gasteiger charge is 2.41. The molecule has 5 nitrogen and oxygen atoms in total. The van der Waals surface area contributed by atoms with E-state index in [0.29, 0.717) is 23.0 Å². The van der Waals surface area contributed by atoms with Crippen LogP contribution >= 0.6 is 11.6 Å². The molecule has 112 valence electrons. The van der Waals surface area contributed by atoms with E-state index in [4.69, 9.17) is 16.3 Å². The van der Waals surface area contributed by atoms with E-state index in [-0.39, 0.29) is 24.4 Å². The number of piperazine rings is 1. The maximum Gasteiger partial charge on any atom is 0.250 e. The summed E-state index contributed by atoms with van der Waals surface area (Å²) in [6.07, 6.45) is 2.66. The number of carbonyl (C=O) groups excluding carboxylic acids is 2. The molecule has 0 aliphatic carbocycles. The number of amides is 2. The normalized spacial score (nSPS) is 22.3. The molecule has 2 fully saturated rings. The summed E-state index contributed by atoms with van der Waals surface area (Å²) in [6, 6.07) is 4.77. The first-order chi connectivity index (χ1) is 10.1. The summed E-state index contributed by atoms with van der Waals surface area (Å²) in [6.45, 7) is 0.719. The van der Waals surface area contributed by atoms with Crippen molar-refractivity contribution in [3.8, 4) is 5.75 Å². The number of nitrogens with zero attached hydrogens (tertiary/aromatic N) is 2. The lowest BCUT2D eigenvalue weighted by Crippen LogP contribution is -2.61. The zero-order valence-electron chi connectivity index (χ0n) is 11.8. The van der Waals surface area contributed by atoms with Gasteiger partial charge < -0.3 is 9.64 Å². The third-order valence-corrected chi connectivity index (χ3v) is 4.43. The van der Waals surface area contributed by atoms with Gasteiger partial charge in [0.25, 0.3) is 0 Å². The van der Waals surface area contributed by atoms with Crippen LogP contribution in [0.4, 0.5) is 5.69 Å². The highest BCUT2D eigenvalue weighted by molar-refractivity contribution is 6.34. The number of anilines is 1. The highest BCUT2D eigenvalue weighted by Crippen LogP contribution is 2.33. The number of hydrogen-bond acceptors (Lipinski definition) is 3. The molecule has 2 heterocycles. The van der Waals surface area contributed by atoms with Crippen LogP contribution in [-0.2, 0) is 9.59 Å². The summed E-state index contributed by atoms with van der Waals surface area (Å²) in [5.41, 5.74) is 0.541. The molecule has 21 heavy (non-hydrogen) atoms. The van der Waals surface area contributed by atoms with Crippen molar-refractivity contribution in [2.75, 3.05) is 25.1 Å². The van der Waals surface area contributed by atoms with Crippen molar-refractivity contribution in [3.63, 3.8) is 0 Å². The number of benzene rings is 1. The summed E-state index contributed by atoms with van der Waals surface area (Å²) < 4.78 is 5.18. The Balaban J connectivity index is 1.95. The topological polar surface area (TPSA) is 49.9 Å². The highest BCUT2D eigenvalue weighted by atomic mass is 35.5. The van der Waals surface area contributed by atoms with Crippen molar-refractivity contribution < 1.29 is 14.3 Å². The Hall–Kier alpha value is -1.75. The van der Waals surface area contributed by atoms with Gasteiger partial charge in [-0.2, -0.15) is 0 Å². The zero-order chi connectivity index (χ0) is 15.0. The monoisotopic (exact) mass is 308 g/mol. The van der Waals surface area contributed by atoms with Crippen molar-refractivity contribution in [3.05, 3.63) is 23.2 Å². The van der Waals surface area contributed by atoms with E-state index >= 15 is 0 Å². The average molecular weight is 309 g/mol. The third kappa shape index (κ3) is 2.46. The van der Waals surface area contributed by atoms with Gasteiger partial charge in [0, 0.05) is 12.6 Å². The second-order valence-electron chi connectivity index (χ2n) is 5.34. The van der Waals surface area contributed by atoms with Crippen LogP contribution in [0.2, 0.25) is 5.02 Å². The fraction of sp³-hybridized carbons (Fsp3) is 0.467. The van der Waals surface area contributed by atoms with Crippen LogP contribution < -0.4 is 9.64 Å². The second-order valence-corrected chi connectivity index (χ2v) is 5.75. The number of ether oxygens (including phenoxy) is 1. The van der Waals surface area contributed by atoms with Crippen LogP contribution in [0, 0.1) is 0 Å². The van der Waals surface area contributed by atoms with Crippen molar-refractivity contribution in [2.24, 2.45) is 0 Å². The number of carbonyl (C=O) groups is 2. The first-order valence-corrected chi connectivity index (χ1v) is 7.44. The van der Waals surface area contributed by atoms with Gasteiger partial charge in [0.2, 0.25) is 11.8 Å². The number of fused-ring (bicyclic) bond motifs is 1. The number of piperidine rings is 1. The largest absolute Gasteiger partial charge is 0.497 e. The number of halogens is 1. The standard InChI is InChI=1S/C15H17ClN2O3/c1-21-10-5-6-11(16)13(8-10)18-9-14(19)17-7-3-2-4-12(17)15(18)20/h5-6,8,12H,2-4,7,9H2,1H3. The zero-order valence-corrected chi connectivity index (χ0v) is 12.6. The van der Waals surface area contributed by atoms with Gasteiger partial charge >= 0.3 is 0 Å². The van der Waals surface area contributed by atoms with Gasteiger partial charge in [-0.15, -0.1) is 0 Å². The molecule has 0 N–H and O–H groups in total. The molecule has 1 atom stereocenters. The minimum atomic E-state index is -0.345. The third-order valence-electron chi connectivity index (χ3n) is 4.11. The van der Waals surface area contributed by atoms with E-state index in [2.05, 4.69) is 0 Å². The summed E-state index contributed by atoms with van der Waals surface area (Å²) in [7, 11) is 1.55. The fourth-order valence-corrected chi connectivity index (χ4v) is 3.22. The quantitative estimate of drug-likeness (QED) is 0.840. The first-order valence-electron chi connectivity index (χ1n) is 7.06. The molecule has 6 heteroatoms. The molecule has 2 aliphatic rings. The smallest absolute Gasteiger partial charge is 0.250 e. The molecule has 2 aliphatic heterocycles. The van der Waals surface area contributed by atoms with E-state index in [1.54, 1.807) is 30.2 Å². The van der Waals surface area contributed by atoms with Crippen molar-refractivity contribution in [1.29, 1.82) is 0 Å². The van der Waals surface area contributed by atoms with E-state index in [1.165, 1.54) is 4.90 Å². The van der Waals surface area contributed by atoms with Crippen LogP contribution in [0.5, 0.6) is 5.75 Å². The minimum Gasteiger partial charge on any atom is -0.497 e. The predicted octanol–water partition coefficient (Wildman–Crippen LogP) is 2.08. The second kappa shape index (κ2) is 5.56. The first kappa shape index (κ1) is 14.2. The Kier molecular flexibility index (Phi) is 3.76. The lowest BCUT2D eigenvalue weighted by atomic mass is 9.98. The van der Waals surface area contributed by atoms with E-state index in [9.17, 15) is 9.59 Å². The van der Waals surface area contributed by atoms with Gasteiger partial charge in [-0.3, -0.25) is 14.5 Å². The van der Waals surface area contributed by atoms with Gasteiger partial charge in [0.05, 0.1) is 17.8 Å². The van der Waals surface area contributed by atoms with Crippen LogP contribution in [0.3, 0.4) is 0 Å². The number of methoxy groups -OCH3 is 1. The van der Waals surface area contributed by atoms with Crippen LogP contribution in [-0.4, -0.2) is 43.0 Å². The van der Waals surface area contributed by atoms with Gasteiger partial charge in [0.15, 0.2) is 0 Å². The molecule has 0 bridgehead atoms. The summed E-state index contributed by atoms with van der Waals surface area (Å²) in [5.74, 6) is 0.545. The maximum absolute atomic E-state index is 12.7. The lowest BCUT2D eigenvalue weighted by Gasteiger charge is -2.42. The van der Waals surface area contributed by atoms with Crippen molar-refractivity contribution in [2.45, 2.75) is 25.3 Å². The Morgan fingerprint density at radius 2 is 2.10 bits per heavy atom. The molecule has 1 unspecified atom stereocenters. The Bertz CT molecular complexity index is 590. The summed E-state index contributed by atoms with van der Waals surface area (Å²) in [5, 5.41) is 0.446. The molecule has 0 spiro atoms. The van der Waals surface area contributed by atoms with Crippen LogP contribution in [0.25, 0.3) is 0 Å². The molecular weight excluding hydrogens is 292 g/mol. The lowest BCUT2D eigenvalue weighted by molar-refractivity contribution is -0.144. The molecular formula is C15H17ClN2O3. The molecule has 3 rings (SSSR count). The Labute approximate surface area is 128 Å². The minimum absolute atomic E-state index is 0.0156. The van der Waals surface area contributed by atoms with E-state index in [1.807, 2.05) is 0 Å². The van der Waals surface area contributed by atoms with E-state index in [0.717, 1.165) is 19.3 Å². The number of hydrogen-bond donors (Lipinski definition) is 0. The SMILES string of the molecule is COc1ccc(Cl)c(N2CC(=O)N3CCCCC3C2=O)c1. The van der Waals surface area contributed by atoms with Crippen LogP contribution in [0.15, 0.2) is 18.2 Å². The summed E-state index contributed by atoms with van der Waals surface area (Å²) >= 11 is 6.20. The average Bonchev–Trinajstić information content (AvgIpc) is 2.52. The summed E-state index contributed by atoms with van der Waals surface area (Å²) in [4.78, 5) is 28.2. The van der Waals surface area contributed by atoms with Gasteiger partial charge in [0.1, 0.15) is 18.3 Å². The molecule has 1 aromatic rings. The molecule has 0 radical (unpaired) electrons. The van der Waals surface area contributed by atoms with Gasteiger partial charge in [-0.1, -0.05) is 11.6 Å². The van der Waals surface area contributed by atoms with Gasteiger partial charge in [-0.25, -0.2) is 0 Å². The maximum atomic E-state index is 12.7. The Morgan fingerprint density at radius 3 is 2.86 bits per heavy atom. The van der Waals surface area contributed by atoms with E-state index < -0.39 is 0 Å². The Morgan fingerprint density at radius 1 is 1.29 bits per heavy atom. The predicted molar refractivity (Wildman–Crippen MR) is 79.7 cm³/mol. The van der Waals surface area contributed by atoms with Crippen molar-refractivity contribution >= 4 is 29.1 Å². The van der Waals surface area contributed by atoms with Gasteiger partial charge in [-0.05, 0) is 31.4 Å². The molecule has 0 saturated carbocycles. The number of rotatable bonds is 2.